The lowest BCUT2D eigenvalue weighted by Crippen LogP contribution is -2.00. The van der Waals surface area contributed by atoms with E-state index in [2.05, 4.69) is 132 Å². The molecule has 0 atom stereocenters. The number of fused-ring (bicyclic) bond motifs is 6. The highest BCUT2D eigenvalue weighted by Gasteiger charge is 2.19. The van der Waals surface area contributed by atoms with E-state index in [1.54, 1.807) is 0 Å². The second-order valence-electron chi connectivity index (χ2n) is 14.0. The number of furan rings is 1. The summed E-state index contributed by atoms with van der Waals surface area (Å²) in [4.78, 5) is 15.0. The molecule has 0 aliphatic rings. The second-order valence-corrected chi connectivity index (χ2v) is 14.0. The van der Waals surface area contributed by atoms with Crippen LogP contribution in [0.25, 0.3) is 95.2 Å². The van der Waals surface area contributed by atoms with Gasteiger partial charge in [0, 0.05) is 43.9 Å². The van der Waals surface area contributed by atoms with Crippen LogP contribution in [0, 0.1) is 0 Å². The van der Waals surface area contributed by atoms with Crippen LogP contribution in [-0.4, -0.2) is 19.5 Å². The Balaban J connectivity index is 1.14. The number of hydrogen-bond acceptors (Lipinski definition) is 4. The number of benzene rings is 7. The molecule has 0 aliphatic carbocycles. The monoisotopic (exact) mass is 732 g/mol. The van der Waals surface area contributed by atoms with Crippen molar-refractivity contribution < 1.29 is 4.42 Å². The Bertz CT molecular complexity index is 3110. The van der Waals surface area contributed by atoms with Crippen LogP contribution < -0.4 is 0 Å². The van der Waals surface area contributed by atoms with Crippen LogP contribution in [0.2, 0.25) is 0 Å². The summed E-state index contributed by atoms with van der Waals surface area (Å²) in [5.41, 5.74) is 10.8. The van der Waals surface area contributed by atoms with E-state index in [1.165, 1.54) is 21.8 Å². The molecule has 57 heavy (non-hydrogen) atoms. The van der Waals surface area contributed by atoms with Crippen LogP contribution in [-0.2, 0) is 0 Å². The molecule has 0 radical (unpaired) electrons. The topological polar surface area (TPSA) is 56.7 Å². The van der Waals surface area contributed by atoms with Crippen LogP contribution in [0.5, 0.6) is 0 Å². The zero-order chi connectivity index (χ0) is 38.1. The third kappa shape index (κ3) is 6.21. The standard InChI is InChI=1S/C52H36N4O/c1-2-3-7-22-37(38-31-32-47-45(34-38)41-26-14-15-30-46(41)56(47)40-24-12-6-13-25-40)33-39-23-16-27-42-43-28-17-29-44(49(43)57-48(39)42)52-54-50(35-18-8-4-9-19-35)53-51(55-52)36-20-10-5-11-21-36/h2-34H,1H3/b3-2-,22-7-,37-33-. The van der Waals surface area contributed by atoms with E-state index in [1.807, 2.05) is 79.7 Å². The fourth-order valence-electron chi connectivity index (χ4n) is 7.73. The number of nitrogens with zero attached hydrogens (tertiary/aromatic N) is 4. The van der Waals surface area contributed by atoms with Gasteiger partial charge in [0.25, 0.3) is 0 Å². The summed E-state index contributed by atoms with van der Waals surface area (Å²) in [5.74, 6) is 1.78. The van der Waals surface area contributed by atoms with Gasteiger partial charge in [0.2, 0.25) is 0 Å². The lowest BCUT2D eigenvalue weighted by molar-refractivity contribution is 0.668. The minimum atomic E-state index is 0.558. The van der Waals surface area contributed by atoms with Crippen molar-refractivity contribution >= 4 is 55.4 Å². The van der Waals surface area contributed by atoms with Gasteiger partial charge in [-0.15, -0.1) is 0 Å². The van der Waals surface area contributed by atoms with E-state index in [4.69, 9.17) is 19.4 Å². The van der Waals surface area contributed by atoms with Crippen molar-refractivity contribution in [2.75, 3.05) is 0 Å². The first-order valence-corrected chi connectivity index (χ1v) is 19.1. The van der Waals surface area contributed by atoms with Crippen molar-refractivity contribution in [1.82, 2.24) is 19.5 Å². The van der Waals surface area contributed by atoms with Crippen LogP contribution in [0.3, 0.4) is 0 Å². The summed E-state index contributed by atoms with van der Waals surface area (Å²) in [5, 5.41) is 4.44. The molecule has 0 fully saturated rings. The van der Waals surface area contributed by atoms with Crippen molar-refractivity contribution in [3.05, 3.63) is 205 Å². The molecule has 3 aromatic heterocycles. The lowest BCUT2D eigenvalue weighted by atomic mass is 9.99. The summed E-state index contributed by atoms with van der Waals surface area (Å²) in [6.45, 7) is 2.03. The smallest absolute Gasteiger partial charge is 0.167 e. The van der Waals surface area contributed by atoms with Crippen molar-refractivity contribution in [1.29, 1.82) is 0 Å². The number of rotatable bonds is 8. The van der Waals surface area contributed by atoms with Gasteiger partial charge in [-0.2, -0.15) is 0 Å². The van der Waals surface area contributed by atoms with Crippen LogP contribution in [0.15, 0.2) is 199 Å². The molecule has 0 unspecified atom stereocenters. The molecule has 0 saturated carbocycles. The first-order valence-electron chi connectivity index (χ1n) is 19.1. The summed E-state index contributed by atoms with van der Waals surface area (Å²) in [6, 6.07) is 58.6. The minimum Gasteiger partial charge on any atom is -0.455 e. The Labute approximate surface area is 330 Å². The summed E-state index contributed by atoms with van der Waals surface area (Å²) >= 11 is 0. The molecule has 5 heteroatoms. The Morgan fingerprint density at radius 3 is 1.82 bits per heavy atom. The maximum atomic E-state index is 6.92. The van der Waals surface area contributed by atoms with E-state index in [0.717, 1.165) is 61.0 Å². The van der Waals surface area contributed by atoms with Crippen LogP contribution >= 0.6 is 0 Å². The van der Waals surface area contributed by atoms with Gasteiger partial charge in [-0.25, -0.2) is 15.0 Å². The number of para-hydroxylation sites is 4. The fourth-order valence-corrected chi connectivity index (χ4v) is 7.73. The molecule has 0 bridgehead atoms. The van der Waals surface area contributed by atoms with Gasteiger partial charge in [-0.05, 0) is 60.5 Å². The van der Waals surface area contributed by atoms with Crippen molar-refractivity contribution in [2.45, 2.75) is 6.92 Å². The third-order valence-electron chi connectivity index (χ3n) is 10.4. The average Bonchev–Trinajstić information content (AvgIpc) is 3.83. The van der Waals surface area contributed by atoms with Crippen LogP contribution in [0.1, 0.15) is 18.1 Å². The Hall–Kier alpha value is -7.63. The molecular formula is C52H36N4O. The molecule has 0 N–H and O–H groups in total. The van der Waals surface area contributed by atoms with E-state index < -0.39 is 0 Å². The highest BCUT2D eigenvalue weighted by atomic mass is 16.3. The molecule has 270 valence electrons. The van der Waals surface area contributed by atoms with Gasteiger partial charge in [-0.3, -0.25) is 0 Å². The summed E-state index contributed by atoms with van der Waals surface area (Å²) < 4.78 is 9.26. The van der Waals surface area contributed by atoms with E-state index in [-0.39, 0.29) is 0 Å². The molecule has 0 aliphatic heterocycles. The molecule has 0 amide bonds. The first-order chi connectivity index (χ1) is 28.2. The molecular weight excluding hydrogens is 697 g/mol. The van der Waals surface area contributed by atoms with Crippen molar-refractivity contribution in [3.63, 3.8) is 0 Å². The Morgan fingerprint density at radius 1 is 0.509 bits per heavy atom. The number of hydrogen-bond donors (Lipinski definition) is 0. The van der Waals surface area contributed by atoms with E-state index in [9.17, 15) is 0 Å². The largest absolute Gasteiger partial charge is 0.455 e. The summed E-state index contributed by atoms with van der Waals surface area (Å²) in [6.07, 6.45) is 10.6. The third-order valence-corrected chi connectivity index (χ3v) is 10.4. The van der Waals surface area contributed by atoms with Crippen molar-refractivity contribution in [2.24, 2.45) is 0 Å². The normalized spacial score (nSPS) is 12.3. The zero-order valence-electron chi connectivity index (χ0n) is 31.2. The van der Waals surface area contributed by atoms with Crippen molar-refractivity contribution in [3.8, 4) is 39.9 Å². The minimum absolute atomic E-state index is 0.558. The van der Waals surface area contributed by atoms with Crippen LogP contribution in [0.4, 0.5) is 0 Å². The van der Waals surface area contributed by atoms with Gasteiger partial charge in [-0.1, -0.05) is 158 Å². The highest BCUT2D eigenvalue weighted by Crippen LogP contribution is 2.39. The highest BCUT2D eigenvalue weighted by molar-refractivity contribution is 6.13. The lowest BCUT2D eigenvalue weighted by Gasteiger charge is -2.09. The zero-order valence-corrected chi connectivity index (χ0v) is 31.2. The average molecular weight is 733 g/mol. The number of aromatic nitrogens is 4. The predicted octanol–water partition coefficient (Wildman–Crippen LogP) is 13.5. The molecule has 5 nitrogen and oxygen atoms in total. The SMILES string of the molecule is C\C=C/C=C\C(=C\c1cccc2c1oc1c(-c3nc(-c4ccccc4)nc(-c4ccccc4)n3)cccc12)c1ccc2c(c1)c1ccccc1n2-c1ccccc1. The Morgan fingerprint density at radius 2 is 1.11 bits per heavy atom. The molecule has 3 heterocycles. The van der Waals surface area contributed by atoms with Gasteiger partial charge in [0.05, 0.1) is 16.6 Å². The van der Waals surface area contributed by atoms with E-state index in [0.29, 0.717) is 17.5 Å². The quantitative estimate of drug-likeness (QED) is 0.115. The van der Waals surface area contributed by atoms with Gasteiger partial charge >= 0.3 is 0 Å². The summed E-state index contributed by atoms with van der Waals surface area (Å²) in [7, 11) is 0. The fraction of sp³-hybridized carbons (Fsp3) is 0.0192. The Kier molecular flexibility index (Phi) is 8.65. The molecule has 0 spiro atoms. The predicted molar refractivity (Wildman–Crippen MR) is 236 cm³/mol. The molecule has 10 rings (SSSR count). The molecule has 0 saturated heterocycles. The van der Waals surface area contributed by atoms with Gasteiger partial charge in [0.15, 0.2) is 17.5 Å². The van der Waals surface area contributed by atoms with E-state index >= 15 is 0 Å². The van der Waals surface area contributed by atoms with Gasteiger partial charge < -0.3 is 8.98 Å². The molecule has 10 aromatic rings. The second kappa shape index (κ2) is 14.5. The maximum Gasteiger partial charge on any atom is 0.167 e. The first kappa shape index (κ1) is 33.9. The van der Waals surface area contributed by atoms with Gasteiger partial charge in [0.1, 0.15) is 11.2 Å². The molecule has 7 aromatic carbocycles. The maximum absolute atomic E-state index is 6.92. The number of allylic oxidation sites excluding steroid dienone is 5.